The number of benzene rings is 1. The number of pyridine rings is 1. The molecule has 0 fully saturated rings. The van der Waals surface area contributed by atoms with E-state index in [1.54, 1.807) is 0 Å². The van der Waals surface area contributed by atoms with Crippen molar-refractivity contribution < 1.29 is 23.1 Å². The number of rotatable bonds is 6. The van der Waals surface area contributed by atoms with Crippen molar-refractivity contribution in [3.63, 3.8) is 0 Å². The Morgan fingerprint density at radius 2 is 2.07 bits per heavy atom. The normalized spacial score (nSPS) is 11.9. The second-order valence-corrected chi connectivity index (χ2v) is 7.51. The largest absolute Gasteiger partial charge is 0.481 e. The van der Waals surface area contributed by atoms with Gasteiger partial charge in [-0.25, -0.2) is 9.97 Å². The number of aryl methyl sites for hydroxylation is 2. The molecule has 0 aliphatic heterocycles. The summed E-state index contributed by atoms with van der Waals surface area (Å²) in [5, 5.41) is 9.44. The lowest BCUT2D eigenvalue weighted by Crippen LogP contribution is -2.06. The molecular weight excluding hydrogens is 415 g/mol. The van der Waals surface area contributed by atoms with Gasteiger partial charge in [-0.15, -0.1) is 0 Å². The van der Waals surface area contributed by atoms with Gasteiger partial charge in [0.2, 0.25) is 0 Å². The molecule has 0 amide bonds. The number of hydrogen-bond donors (Lipinski definition) is 1. The maximum Gasteiger partial charge on any atom is 0.417 e. The van der Waals surface area contributed by atoms with Crippen molar-refractivity contribution in [2.75, 3.05) is 0 Å². The summed E-state index contributed by atoms with van der Waals surface area (Å²) in [7, 11) is 0. The Labute approximate surface area is 167 Å². The number of imidazole rings is 1. The number of fused-ring (bicyclic) bond motifs is 1. The molecule has 3 aromatic rings. The van der Waals surface area contributed by atoms with Gasteiger partial charge in [-0.3, -0.25) is 4.79 Å². The topological polar surface area (TPSA) is 68.0 Å². The fraction of sp³-hybridized carbons (Fsp3) is 0.278. The van der Waals surface area contributed by atoms with Gasteiger partial charge in [0.25, 0.3) is 0 Å². The number of hydrogen-bond acceptors (Lipinski definition) is 4. The zero-order valence-corrected chi connectivity index (χ0v) is 16.2. The van der Waals surface area contributed by atoms with Crippen LogP contribution in [0.4, 0.5) is 13.2 Å². The Hall–Kier alpha value is -2.26. The maximum absolute atomic E-state index is 12.8. The Morgan fingerprint density at radius 1 is 1.32 bits per heavy atom. The minimum absolute atomic E-state index is 0.00508. The zero-order valence-electron chi connectivity index (χ0n) is 14.6. The Balaban J connectivity index is 1.97. The first-order valence-corrected chi connectivity index (χ1v) is 9.44. The van der Waals surface area contributed by atoms with Gasteiger partial charge in [0.1, 0.15) is 5.03 Å². The first kappa shape index (κ1) is 20.5. The van der Waals surface area contributed by atoms with Crippen LogP contribution in [0.25, 0.3) is 11.0 Å². The molecule has 5 nitrogen and oxygen atoms in total. The van der Waals surface area contributed by atoms with Crippen LogP contribution in [0.3, 0.4) is 0 Å². The molecule has 0 bridgehead atoms. The smallest absolute Gasteiger partial charge is 0.417 e. The van der Waals surface area contributed by atoms with Crippen LogP contribution in [0.15, 0.2) is 40.6 Å². The molecule has 1 aromatic carbocycles. The van der Waals surface area contributed by atoms with Crippen LogP contribution in [-0.4, -0.2) is 25.6 Å². The quantitative estimate of drug-likeness (QED) is 0.566. The SMILES string of the molecule is Cc1ccc2nc(Sc3ncc(C(F)(F)F)cc3Cl)n(CCCC(=O)O)c2c1. The lowest BCUT2D eigenvalue weighted by atomic mass is 10.2. The van der Waals surface area contributed by atoms with E-state index < -0.39 is 17.7 Å². The molecule has 0 atom stereocenters. The van der Waals surface area contributed by atoms with Crippen LogP contribution in [-0.2, 0) is 17.5 Å². The summed E-state index contributed by atoms with van der Waals surface area (Å²) in [5.41, 5.74) is 1.60. The number of carbonyl (C=O) groups is 1. The maximum atomic E-state index is 12.8. The molecule has 0 saturated carbocycles. The third-order valence-electron chi connectivity index (χ3n) is 3.96. The average Bonchev–Trinajstić information content (AvgIpc) is 2.92. The van der Waals surface area contributed by atoms with Crippen molar-refractivity contribution in [2.45, 2.75) is 42.7 Å². The van der Waals surface area contributed by atoms with Crippen molar-refractivity contribution >= 4 is 40.4 Å². The van der Waals surface area contributed by atoms with Gasteiger partial charge < -0.3 is 9.67 Å². The highest BCUT2D eigenvalue weighted by Crippen LogP contribution is 2.37. The molecule has 0 radical (unpaired) electrons. The zero-order chi connectivity index (χ0) is 20.5. The molecule has 1 N–H and O–H groups in total. The number of carboxylic acid groups (broad SMARTS) is 1. The van der Waals surface area contributed by atoms with Crippen LogP contribution >= 0.6 is 23.4 Å². The Bertz CT molecular complexity index is 1040. The van der Waals surface area contributed by atoms with Gasteiger partial charge in [0, 0.05) is 19.2 Å². The van der Waals surface area contributed by atoms with Crippen molar-refractivity contribution in [3.8, 4) is 0 Å². The molecule has 0 unspecified atom stereocenters. The summed E-state index contributed by atoms with van der Waals surface area (Å²) in [4.78, 5) is 19.2. The number of carboxylic acids is 1. The van der Waals surface area contributed by atoms with Gasteiger partial charge >= 0.3 is 12.1 Å². The van der Waals surface area contributed by atoms with E-state index in [9.17, 15) is 18.0 Å². The second-order valence-electron chi connectivity index (χ2n) is 6.15. The molecule has 0 aliphatic rings. The van der Waals surface area contributed by atoms with Gasteiger partial charge in [0.05, 0.1) is 21.6 Å². The van der Waals surface area contributed by atoms with Crippen molar-refractivity contribution in [1.29, 1.82) is 0 Å². The van der Waals surface area contributed by atoms with E-state index in [1.807, 2.05) is 29.7 Å². The number of aromatic nitrogens is 3. The van der Waals surface area contributed by atoms with E-state index in [1.165, 1.54) is 0 Å². The van der Waals surface area contributed by atoms with Gasteiger partial charge in [-0.05, 0) is 48.9 Å². The molecule has 0 saturated heterocycles. The molecule has 148 valence electrons. The number of halogens is 4. The average molecular weight is 430 g/mol. The lowest BCUT2D eigenvalue weighted by molar-refractivity contribution is -0.138. The number of aliphatic carboxylic acids is 1. The van der Waals surface area contributed by atoms with Crippen LogP contribution in [0.2, 0.25) is 5.02 Å². The van der Waals surface area contributed by atoms with Crippen molar-refractivity contribution in [2.24, 2.45) is 0 Å². The molecule has 3 rings (SSSR count). The van der Waals surface area contributed by atoms with Crippen molar-refractivity contribution in [3.05, 3.63) is 46.6 Å². The van der Waals surface area contributed by atoms with Gasteiger partial charge in [0.15, 0.2) is 5.16 Å². The van der Waals surface area contributed by atoms with E-state index in [0.717, 1.165) is 35.1 Å². The molecule has 10 heteroatoms. The summed E-state index contributed by atoms with van der Waals surface area (Å²) < 4.78 is 40.2. The highest BCUT2D eigenvalue weighted by atomic mass is 35.5. The molecular formula is C18H15ClF3N3O2S. The van der Waals surface area contributed by atoms with Crippen LogP contribution in [0.5, 0.6) is 0 Å². The van der Waals surface area contributed by atoms with Gasteiger partial charge in [-0.1, -0.05) is 17.7 Å². The number of alkyl halides is 3. The highest BCUT2D eigenvalue weighted by molar-refractivity contribution is 7.99. The minimum atomic E-state index is -4.53. The first-order chi connectivity index (χ1) is 13.1. The Morgan fingerprint density at radius 3 is 2.71 bits per heavy atom. The second kappa shape index (κ2) is 8.00. The van der Waals surface area contributed by atoms with E-state index in [4.69, 9.17) is 16.7 Å². The third-order valence-corrected chi connectivity index (χ3v) is 5.38. The van der Waals surface area contributed by atoms with E-state index in [-0.39, 0.29) is 16.5 Å². The van der Waals surface area contributed by atoms with E-state index in [0.29, 0.717) is 23.6 Å². The minimum Gasteiger partial charge on any atom is -0.481 e. The molecule has 2 aromatic heterocycles. The summed E-state index contributed by atoms with van der Waals surface area (Å²) in [6.45, 7) is 2.32. The predicted molar refractivity (Wildman–Crippen MR) is 99.7 cm³/mol. The fourth-order valence-corrected chi connectivity index (χ4v) is 3.80. The van der Waals surface area contributed by atoms with E-state index in [2.05, 4.69) is 9.97 Å². The summed E-state index contributed by atoms with van der Waals surface area (Å²) in [5.74, 6) is -0.901. The third kappa shape index (κ3) is 4.59. The highest BCUT2D eigenvalue weighted by Gasteiger charge is 2.31. The molecule has 0 aliphatic carbocycles. The van der Waals surface area contributed by atoms with E-state index >= 15 is 0 Å². The summed E-state index contributed by atoms with van der Waals surface area (Å²) >= 11 is 7.05. The molecule has 2 heterocycles. The lowest BCUT2D eigenvalue weighted by Gasteiger charge is -2.10. The van der Waals surface area contributed by atoms with Gasteiger partial charge in [-0.2, -0.15) is 13.2 Å². The fourth-order valence-electron chi connectivity index (χ4n) is 2.64. The van der Waals surface area contributed by atoms with Crippen molar-refractivity contribution in [1.82, 2.24) is 14.5 Å². The standard InChI is InChI=1S/C18H15ClF3N3O2S/c1-10-4-5-13-14(7-10)25(6-2-3-15(26)27)17(24-13)28-16-12(19)8-11(9-23-16)18(20,21)22/h4-5,7-9H,2-3,6H2,1H3,(H,26,27). The Kier molecular flexibility index (Phi) is 5.85. The summed E-state index contributed by atoms with van der Waals surface area (Å²) in [6.07, 6.45) is -3.41. The summed E-state index contributed by atoms with van der Waals surface area (Å²) in [6, 6.07) is 6.49. The molecule has 0 spiro atoms. The van der Waals surface area contributed by atoms with Crippen LogP contribution in [0.1, 0.15) is 24.0 Å². The van der Waals surface area contributed by atoms with Crippen LogP contribution in [0, 0.1) is 6.92 Å². The monoisotopic (exact) mass is 429 g/mol. The predicted octanol–water partition coefficient (Wildman–Crippen LogP) is 5.43. The molecule has 28 heavy (non-hydrogen) atoms. The number of nitrogens with zero attached hydrogens (tertiary/aromatic N) is 3. The van der Waals surface area contributed by atoms with Crippen LogP contribution < -0.4 is 0 Å². The first-order valence-electron chi connectivity index (χ1n) is 8.24.